The number of anilines is 1. The monoisotopic (exact) mass is 330 g/mol. The first-order chi connectivity index (χ1) is 12.1. The second-order valence-electron chi connectivity index (χ2n) is 5.63. The average Bonchev–Trinajstić information content (AvgIpc) is 2.62. The first-order valence-corrected chi connectivity index (χ1v) is 7.97. The molecule has 124 valence electrons. The summed E-state index contributed by atoms with van der Waals surface area (Å²) in [7, 11) is 0. The molecule has 0 unspecified atom stereocenters. The Kier molecular flexibility index (Phi) is 4.90. The van der Waals surface area contributed by atoms with Gasteiger partial charge < -0.3 is 10.6 Å². The van der Waals surface area contributed by atoms with Gasteiger partial charge in [-0.15, -0.1) is 0 Å². The van der Waals surface area contributed by atoms with Gasteiger partial charge in [0.15, 0.2) is 0 Å². The normalized spacial score (nSPS) is 11.2. The second kappa shape index (κ2) is 7.45. The molecule has 4 nitrogen and oxygen atoms in total. The highest BCUT2D eigenvalue weighted by Crippen LogP contribution is 2.21. The van der Waals surface area contributed by atoms with E-state index in [1.54, 1.807) is 18.2 Å². The van der Waals surface area contributed by atoms with Crippen molar-refractivity contribution < 1.29 is 9.59 Å². The van der Waals surface area contributed by atoms with E-state index in [9.17, 15) is 9.59 Å². The Morgan fingerprint density at radius 2 is 1.52 bits per heavy atom. The zero-order valence-corrected chi connectivity index (χ0v) is 13.8. The van der Waals surface area contributed by atoms with Crippen molar-refractivity contribution in [3.05, 3.63) is 84.1 Å². The number of nitrogens with one attached hydrogen (secondary N) is 2. The molecule has 0 aromatic heterocycles. The zero-order chi connectivity index (χ0) is 17.6. The van der Waals surface area contributed by atoms with Gasteiger partial charge in [0.1, 0.15) is 5.70 Å². The average molecular weight is 330 g/mol. The van der Waals surface area contributed by atoms with Crippen molar-refractivity contribution >= 4 is 34.4 Å². The first-order valence-electron chi connectivity index (χ1n) is 7.97. The number of carbonyl (C=O) groups is 2. The van der Waals surface area contributed by atoms with E-state index in [0.29, 0.717) is 5.69 Å². The van der Waals surface area contributed by atoms with Gasteiger partial charge in [0, 0.05) is 12.6 Å². The predicted molar refractivity (Wildman–Crippen MR) is 101 cm³/mol. The van der Waals surface area contributed by atoms with Crippen molar-refractivity contribution in [2.24, 2.45) is 0 Å². The standard InChI is InChI=1S/C21H18N2O2/c1-15(24)22-20(21(25)23-18-11-3-2-4-12-18)14-17-10-7-9-16-8-5-6-13-19(16)17/h2-14H,1H3,(H,22,24)(H,23,25)/b20-14-. The number of amides is 2. The summed E-state index contributed by atoms with van der Waals surface area (Å²) in [5, 5.41) is 7.50. The maximum Gasteiger partial charge on any atom is 0.272 e. The van der Waals surface area contributed by atoms with Gasteiger partial charge >= 0.3 is 0 Å². The smallest absolute Gasteiger partial charge is 0.272 e. The summed E-state index contributed by atoms with van der Waals surface area (Å²) in [5.74, 6) is -0.663. The summed E-state index contributed by atoms with van der Waals surface area (Å²) >= 11 is 0. The van der Waals surface area contributed by atoms with E-state index in [1.807, 2.05) is 60.7 Å². The molecule has 0 aliphatic heterocycles. The van der Waals surface area contributed by atoms with Crippen LogP contribution >= 0.6 is 0 Å². The summed E-state index contributed by atoms with van der Waals surface area (Å²) < 4.78 is 0. The Morgan fingerprint density at radius 3 is 2.28 bits per heavy atom. The lowest BCUT2D eigenvalue weighted by Crippen LogP contribution is -2.28. The molecule has 0 bridgehead atoms. The lowest BCUT2D eigenvalue weighted by atomic mass is 10.0. The van der Waals surface area contributed by atoms with Crippen molar-refractivity contribution in [1.29, 1.82) is 0 Å². The van der Waals surface area contributed by atoms with E-state index in [1.165, 1.54) is 6.92 Å². The van der Waals surface area contributed by atoms with Gasteiger partial charge in [0.25, 0.3) is 5.91 Å². The van der Waals surface area contributed by atoms with Crippen LogP contribution in [-0.2, 0) is 9.59 Å². The summed E-state index contributed by atoms with van der Waals surface area (Å²) in [5.41, 5.74) is 1.74. The van der Waals surface area contributed by atoms with Gasteiger partial charge in [-0.05, 0) is 34.5 Å². The van der Waals surface area contributed by atoms with E-state index < -0.39 is 0 Å². The van der Waals surface area contributed by atoms with Crippen LogP contribution in [0.25, 0.3) is 16.8 Å². The van der Waals surface area contributed by atoms with Crippen molar-refractivity contribution in [2.45, 2.75) is 6.92 Å². The fourth-order valence-electron chi connectivity index (χ4n) is 2.60. The maximum absolute atomic E-state index is 12.6. The first kappa shape index (κ1) is 16.5. The molecular formula is C21H18N2O2. The molecule has 0 aliphatic rings. The molecule has 0 fully saturated rings. The van der Waals surface area contributed by atoms with Crippen LogP contribution in [0.1, 0.15) is 12.5 Å². The SMILES string of the molecule is CC(=O)N/C(=C\c1cccc2ccccc12)C(=O)Nc1ccccc1. The molecule has 0 heterocycles. The molecule has 3 aromatic rings. The molecule has 25 heavy (non-hydrogen) atoms. The van der Waals surface area contributed by atoms with E-state index in [4.69, 9.17) is 0 Å². The van der Waals surface area contributed by atoms with Gasteiger partial charge in [0.2, 0.25) is 5.91 Å². The third kappa shape index (κ3) is 4.12. The molecule has 0 atom stereocenters. The van der Waals surface area contributed by atoms with Crippen molar-refractivity contribution in [3.8, 4) is 0 Å². The molecule has 3 rings (SSSR count). The summed E-state index contributed by atoms with van der Waals surface area (Å²) in [6, 6.07) is 22.9. The molecule has 2 N–H and O–H groups in total. The Bertz CT molecular complexity index is 941. The number of carbonyl (C=O) groups excluding carboxylic acids is 2. The van der Waals surface area contributed by atoms with Crippen LogP contribution in [0.15, 0.2) is 78.5 Å². The van der Waals surface area contributed by atoms with Crippen LogP contribution in [0.3, 0.4) is 0 Å². The number of para-hydroxylation sites is 1. The van der Waals surface area contributed by atoms with Crippen molar-refractivity contribution in [3.63, 3.8) is 0 Å². The Morgan fingerprint density at radius 1 is 0.840 bits per heavy atom. The van der Waals surface area contributed by atoms with E-state index in [0.717, 1.165) is 16.3 Å². The van der Waals surface area contributed by atoms with Crippen LogP contribution in [0.5, 0.6) is 0 Å². The topological polar surface area (TPSA) is 58.2 Å². The Balaban J connectivity index is 1.98. The molecule has 4 heteroatoms. The lowest BCUT2D eigenvalue weighted by molar-refractivity contribution is -0.120. The van der Waals surface area contributed by atoms with Crippen molar-refractivity contribution in [1.82, 2.24) is 5.32 Å². The van der Waals surface area contributed by atoms with Gasteiger partial charge in [0.05, 0.1) is 0 Å². The number of rotatable bonds is 4. The second-order valence-corrected chi connectivity index (χ2v) is 5.63. The van der Waals surface area contributed by atoms with Gasteiger partial charge in [-0.3, -0.25) is 9.59 Å². The minimum absolute atomic E-state index is 0.202. The van der Waals surface area contributed by atoms with Gasteiger partial charge in [-0.25, -0.2) is 0 Å². The largest absolute Gasteiger partial charge is 0.322 e. The van der Waals surface area contributed by atoms with Crippen LogP contribution in [0, 0.1) is 0 Å². The highest BCUT2D eigenvalue weighted by molar-refractivity contribution is 6.09. The molecule has 0 saturated heterocycles. The van der Waals surface area contributed by atoms with E-state index in [-0.39, 0.29) is 17.5 Å². The molecule has 3 aromatic carbocycles. The number of benzene rings is 3. The fraction of sp³-hybridized carbons (Fsp3) is 0.0476. The summed E-state index contributed by atoms with van der Waals surface area (Å²) in [6.07, 6.45) is 1.70. The summed E-state index contributed by atoms with van der Waals surface area (Å²) in [6.45, 7) is 1.38. The molecule has 0 aliphatic carbocycles. The lowest BCUT2D eigenvalue weighted by Gasteiger charge is -2.10. The molecule has 0 radical (unpaired) electrons. The van der Waals surface area contributed by atoms with E-state index >= 15 is 0 Å². The Hall–Kier alpha value is -3.40. The molecular weight excluding hydrogens is 312 g/mol. The molecule has 0 saturated carbocycles. The number of hydrogen-bond acceptors (Lipinski definition) is 2. The summed E-state index contributed by atoms with van der Waals surface area (Å²) in [4.78, 5) is 24.1. The van der Waals surface area contributed by atoms with E-state index in [2.05, 4.69) is 10.6 Å². The number of hydrogen-bond donors (Lipinski definition) is 2. The van der Waals surface area contributed by atoms with Gasteiger partial charge in [-0.1, -0.05) is 60.7 Å². The van der Waals surface area contributed by atoms with Crippen LogP contribution in [-0.4, -0.2) is 11.8 Å². The predicted octanol–water partition coefficient (Wildman–Crippen LogP) is 3.96. The van der Waals surface area contributed by atoms with Crippen molar-refractivity contribution in [2.75, 3.05) is 5.32 Å². The highest BCUT2D eigenvalue weighted by Gasteiger charge is 2.12. The maximum atomic E-state index is 12.6. The third-order valence-corrected chi connectivity index (χ3v) is 3.71. The minimum Gasteiger partial charge on any atom is -0.322 e. The van der Waals surface area contributed by atoms with Crippen LogP contribution < -0.4 is 10.6 Å². The zero-order valence-electron chi connectivity index (χ0n) is 13.8. The van der Waals surface area contributed by atoms with Crippen LogP contribution in [0.2, 0.25) is 0 Å². The molecule has 2 amide bonds. The van der Waals surface area contributed by atoms with Gasteiger partial charge in [-0.2, -0.15) is 0 Å². The minimum atomic E-state index is -0.366. The van der Waals surface area contributed by atoms with Crippen LogP contribution in [0.4, 0.5) is 5.69 Å². The Labute approximate surface area is 146 Å². The highest BCUT2D eigenvalue weighted by atomic mass is 16.2. The molecule has 0 spiro atoms. The fourth-order valence-corrected chi connectivity index (χ4v) is 2.60. The third-order valence-electron chi connectivity index (χ3n) is 3.71. The number of fused-ring (bicyclic) bond motifs is 1. The quantitative estimate of drug-likeness (QED) is 0.712.